The number of Topliss-reactive ketones (excluding diaryl/α,β-unsaturated/α-hetero) is 1. The fourth-order valence-corrected chi connectivity index (χ4v) is 2.97. The van der Waals surface area contributed by atoms with Crippen molar-refractivity contribution in [3.05, 3.63) is 51.8 Å². The number of rotatable bonds is 7. The van der Waals surface area contributed by atoms with Crippen LogP contribution in [0.1, 0.15) is 74.8 Å². The van der Waals surface area contributed by atoms with Crippen LogP contribution in [0, 0.1) is 13.8 Å². The third-order valence-corrected chi connectivity index (χ3v) is 4.67. The lowest BCUT2D eigenvalue weighted by Crippen LogP contribution is -2.25. The summed E-state index contributed by atoms with van der Waals surface area (Å²) >= 11 is 0. The predicted molar refractivity (Wildman–Crippen MR) is 104 cm³/mol. The van der Waals surface area contributed by atoms with Gasteiger partial charge in [-0.25, -0.2) is 14.3 Å². The van der Waals surface area contributed by atoms with Crippen molar-refractivity contribution in [2.75, 3.05) is 13.2 Å². The molecule has 0 aliphatic carbocycles. The molecular weight excluding hydrogens is 417 g/mol. The molecule has 31 heavy (non-hydrogen) atoms. The van der Waals surface area contributed by atoms with Gasteiger partial charge in [0.25, 0.3) is 0 Å². The molecule has 0 fully saturated rings. The van der Waals surface area contributed by atoms with E-state index in [1.54, 1.807) is 19.1 Å². The van der Waals surface area contributed by atoms with E-state index in [0.29, 0.717) is 4.68 Å². The second-order valence-corrected chi connectivity index (χ2v) is 6.79. The molecule has 1 atom stereocenters. The highest BCUT2D eigenvalue weighted by Crippen LogP contribution is 2.37. The van der Waals surface area contributed by atoms with Crippen LogP contribution in [-0.2, 0) is 15.7 Å². The van der Waals surface area contributed by atoms with Crippen LogP contribution in [0.25, 0.3) is 0 Å². The molecule has 1 unspecified atom stereocenters. The molecule has 7 nitrogen and oxygen atoms in total. The minimum absolute atomic E-state index is 0.200. The lowest BCUT2D eigenvalue weighted by Gasteiger charge is -2.16. The molecule has 0 saturated heterocycles. The molecule has 0 bridgehead atoms. The molecule has 1 aromatic heterocycles. The Morgan fingerprint density at radius 1 is 1.03 bits per heavy atom. The van der Waals surface area contributed by atoms with Gasteiger partial charge in [0.1, 0.15) is 11.6 Å². The van der Waals surface area contributed by atoms with E-state index in [1.807, 2.05) is 6.92 Å². The van der Waals surface area contributed by atoms with E-state index >= 15 is 0 Å². The van der Waals surface area contributed by atoms with E-state index in [2.05, 4.69) is 9.84 Å². The Bertz CT molecular complexity index is 1010. The highest BCUT2D eigenvalue weighted by Gasteiger charge is 2.46. The summed E-state index contributed by atoms with van der Waals surface area (Å²) in [5.74, 6) is -3.29. The first-order valence-corrected chi connectivity index (χ1v) is 9.59. The first-order chi connectivity index (χ1) is 14.4. The smallest absolute Gasteiger partial charge is 0.421 e. The van der Waals surface area contributed by atoms with Gasteiger partial charge in [-0.3, -0.25) is 4.79 Å². The van der Waals surface area contributed by atoms with E-state index < -0.39 is 46.9 Å². The van der Waals surface area contributed by atoms with Crippen LogP contribution in [0.2, 0.25) is 0 Å². The van der Waals surface area contributed by atoms with Crippen LogP contribution in [0.15, 0.2) is 18.2 Å². The minimum atomic E-state index is -5.12. The van der Waals surface area contributed by atoms with Gasteiger partial charge in [-0.1, -0.05) is 12.1 Å². The summed E-state index contributed by atoms with van der Waals surface area (Å²) in [6.07, 6.45) is -5.12. The summed E-state index contributed by atoms with van der Waals surface area (Å²) in [7, 11) is 0. The van der Waals surface area contributed by atoms with Crippen molar-refractivity contribution >= 4 is 17.7 Å². The van der Waals surface area contributed by atoms with Gasteiger partial charge in [0.05, 0.1) is 13.2 Å². The zero-order valence-corrected chi connectivity index (χ0v) is 17.8. The molecule has 0 radical (unpaired) electrons. The quantitative estimate of drug-likeness (QED) is 0.471. The fraction of sp³-hybridized carbons (Fsp3) is 0.429. The molecule has 1 heterocycles. The van der Waals surface area contributed by atoms with Crippen LogP contribution >= 0.6 is 0 Å². The van der Waals surface area contributed by atoms with E-state index in [1.165, 1.54) is 26.8 Å². The highest BCUT2D eigenvalue weighted by molar-refractivity contribution is 6.01. The number of hydrogen-bond acceptors (Lipinski definition) is 6. The lowest BCUT2D eigenvalue weighted by atomic mass is 10.00. The number of benzene rings is 1. The van der Waals surface area contributed by atoms with Gasteiger partial charge in [0.2, 0.25) is 0 Å². The number of ether oxygens (including phenoxy) is 2. The van der Waals surface area contributed by atoms with E-state index in [4.69, 9.17) is 4.74 Å². The van der Waals surface area contributed by atoms with Gasteiger partial charge in [-0.05, 0) is 51.8 Å². The molecule has 2 rings (SSSR count). The number of carbonyl (C=O) groups excluding carboxylic acids is 3. The summed E-state index contributed by atoms with van der Waals surface area (Å²) in [6, 6.07) is 3.51. The van der Waals surface area contributed by atoms with Gasteiger partial charge in [-0.2, -0.15) is 18.3 Å². The number of esters is 2. The lowest BCUT2D eigenvalue weighted by molar-refractivity contribution is -0.138. The van der Waals surface area contributed by atoms with Crippen molar-refractivity contribution in [3.63, 3.8) is 0 Å². The van der Waals surface area contributed by atoms with Crippen LogP contribution in [0.3, 0.4) is 0 Å². The van der Waals surface area contributed by atoms with Gasteiger partial charge in [0, 0.05) is 5.56 Å². The van der Waals surface area contributed by atoms with Gasteiger partial charge < -0.3 is 9.47 Å². The first-order valence-electron chi connectivity index (χ1n) is 9.59. The molecule has 0 amide bonds. The average molecular weight is 440 g/mol. The summed E-state index contributed by atoms with van der Waals surface area (Å²) in [6.45, 7) is 7.35. The zero-order chi connectivity index (χ0) is 23.5. The Morgan fingerprint density at radius 2 is 1.61 bits per heavy atom. The van der Waals surface area contributed by atoms with Crippen molar-refractivity contribution in [2.45, 2.75) is 46.8 Å². The third kappa shape index (κ3) is 4.95. The van der Waals surface area contributed by atoms with Gasteiger partial charge in [0.15, 0.2) is 17.2 Å². The second-order valence-electron chi connectivity index (χ2n) is 6.79. The van der Waals surface area contributed by atoms with E-state index in [0.717, 1.165) is 11.1 Å². The molecule has 2 aromatic rings. The highest BCUT2D eigenvalue weighted by atomic mass is 19.4. The molecule has 0 saturated carbocycles. The minimum Gasteiger partial charge on any atom is -0.461 e. The van der Waals surface area contributed by atoms with Crippen molar-refractivity contribution in [1.82, 2.24) is 9.78 Å². The Balaban J connectivity index is 2.71. The number of hydrogen-bond donors (Lipinski definition) is 0. The molecule has 0 spiro atoms. The summed E-state index contributed by atoms with van der Waals surface area (Å²) in [4.78, 5) is 37.6. The number of carbonyl (C=O) groups is 3. The van der Waals surface area contributed by atoms with E-state index in [9.17, 15) is 27.6 Å². The van der Waals surface area contributed by atoms with Crippen LogP contribution in [0.5, 0.6) is 0 Å². The molecule has 168 valence electrons. The first kappa shape index (κ1) is 24.1. The molecular formula is C21H23F3N2O5. The SMILES string of the molecule is CCOC(=O)c1nn(C(C)C(=O)c2ccc(C)c(C)c2)c(C(=O)OCC)c1C(F)(F)F. The Kier molecular flexibility index (Phi) is 7.24. The van der Waals surface area contributed by atoms with Crippen molar-refractivity contribution in [2.24, 2.45) is 0 Å². The summed E-state index contributed by atoms with van der Waals surface area (Å²) < 4.78 is 51.6. The molecule has 0 N–H and O–H groups in total. The fourth-order valence-electron chi connectivity index (χ4n) is 2.97. The Morgan fingerprint density at radius 3 is 2.13 bits per heavy atom. The number of ketones is 1. The molecule has 1 aromatic carbocycles. The maximum absolute atomic E-state index is 13.9. The topological polar surface area (TPSA) is 87.5 Å². The molecule has 0 aliphatic heterocycles. The maximum Gasteiger partial charge on any atom is 0.421 e. The number of aryl methyl sites for hydroxylation is 2. The summed E-state index contributed by atoms with van der Waals surface area (Å²) in [5, 5.41) is 3.69. The second kappa shape index (κ2) is 9.32. The summed E-state index contributed by atoms with van der Waals surface area (Å²) in [5.41, 5.74) is -1.75. The third-order valence-electron chi connectivity index (χ3n) is 4.67. The number of aromatic nitrogens is 2. The maximum atomic E-state index is 13.9. The average Bonchev–Trinajstić information content (AvgIpc) is 3.10. The zero-order valence-electron chi connectivity index (χ0n) is 17.8. The van der Waals surface area contributed by atoms with Crippen LogP contribution in [0.4, 0.5) is 13.2 Å². The normalized spacial score (nSPS) is 12.4. The van der Waals surface area contributed by atoms with Crippen molar-refractivity contribution in [1.29, 1.82) is 0 Å². The number of nitrogens with zero attached hydrogens (tertiary/aromatic N) is 2. The number of alkyl halides is 3. The van der Waals surface area contributed by atoms with Crippen LogP contribution < -0.4 is 0 Å². The Hall–Kier alpha value is -3.17. The Labute approximate surface area is 177 Å². The van der Waals surface area contributed by atoms with Gasteiger partial charge in [-0.15, -0.1) is 0 Å². The van der Waals surface area contributed by atoms with Crippen molar-refractivity contribution < 1.29 is 37.0 Å². The number of halogens is 3. The molecule has 10 heteroatoms. The molecule has 0 aliphatic rings. The van der Waals surface area contributed by atoms with E-state index in [-0.39, 0.29) is 18.8 Å². The van der Waals surface area contributed by atoms with Crippen molar-refractivity contribution in [3.8, 4) is 0 Å². The largest absolute Gasteiger partial charge is 0.461 e. The monoisotopic (exact) mass is 440 g/mol. The van der Waals surface area contributed by atoms with Crippen LogP contribution in [-0.4, -0.2) is 40.7 Å². The predicted octanol–water partition coefficient (Wildman–Crippen LogP) is 4.32. The van der Waals surface area contributed by atoms with Gasteiger partial charge >= 0.3 is 18.1 Å². The standard InChI is InChI=1S/C21H23F3N2O5/c1-6-30-19(28)16-15(21(22,23)24)17(20(29)31-7-2)26(25-16)13(5)18(27)14-9-8-11(3)12(4)10-14/h8-10,13H,6-7H2,1-5H3.